The van der Waals surface area contributed by atoms with E-state index < -0.39 is 5.54 Å². The number of carbonyl (C=O) groups is 1. The fraction of sp³-hybridized carbons (Fsp3) is 0.588. The van der Waals surface area contributed by atoms with Gasteiger partial charge in [-0.1, -0.05) is 25.0 Å². The van der Waals surface area contributed by atoms with Crippen LogP contribution in [0.5, 0.6) is 5.75 Å². The second-order valence-electron chi connectivity index (χ2n) is 6.71. The molecule has 1 amide bonds. The van der Waals surface area contributed by atoms with E-state index in [9.17, 15) is 4.79 Å². The van der Waals surface area contributed by atoms with Crippen molar-refractivity contribution >= 4 is 5.91 Å². The Labute approximate surface area is 131 Å². The van der Waals surface area contributed by atoms with Gasteiger partial charge in [-0.25, -0.2) is 0 Å². The van der Waals surface area contributed by atoms with E-state index in [-0.39, 0.29) is 11.4 Å². The number of nitrogens with one attached hydrogen (secondary N) is 1. The highest BCUT2D eigenvalue weighted by Crippen LogP contribution is 2.40. The molecule has 0 spiro atoms. The molecule has 1 aromatic carbocycles. The van der Waals surface area contributed by atoms with Gasteiger partial charge >= 0.3 is 0 Å². The van der Waals surface area contributed by atoms with E-state index in [4.69, 9.17) is 16.2 Å². The zero-order valence-electron chi connectivity index (χ0n) is 13.2. The van der Waals surface area contributed by atoms with Gasteiger partial charge in [-0.15, -0.1) is 0 Å². The van der Waals surface area contributed by atoms with E-state index in [1.165, 1.54) is 0 Å². The fourth-order valence-electron chi connectivity index (χ4n) is 3.80. The third-order valence-corrected chi connectivity index (χ3v) is 5.21. The Morgan fingerprint density at radius 1 is 1.27 bits per heavy atom. The molecule has 1 aromatic rings. The number of benzene rings is 1. The Morgan fingerprint density at radius 2 is 2.00 bits per heavy atom. The van der Waals surface area contributed by atoms with Crippen molar-refractivity contribution in [2.24, 2.45) is 11.5 Å². The number of ether oxygens (including phenoxy) is 1. The lowest BCUT2D eigenvalue weighted by atomic mass is 9.91. The van der Waals surface area contributed by atoms with Gasteiger partial charge in [0.05, 0.1) is 7.11 Å². The average molecular weight is 303 g/mol. The Morgan fingerprint density at radius 3 is 2.68 bits per heavy atom. The van der Waals surface area contributed by atoms with E-state index in [0.717, 1.165) is 49.0 Å². The Bertz CT molecular complexity index is 581. The number of amides is 1. The molecule has 1 atom stereocenters. The molecule has 0 heterocycles. The van der Waals surface area contributed by atoms with Gasteiger partial charge in [0.15, 0.2) is 0 Å². The predicted molar refractivity (Wildman–Crippen MR) is 85.6 cm³/mol. The number of carbonyl (C=O) groups excluding carboxylic acids is 1. The lowest BCUT2D eigenvalue weighted by molar-refractivity contribution is -0.126. The van der Waals surface area contributed by atoms with Crippen LogP contribution in [0, 0.1) is 0 Å². The van der Waals surface area contributed by atoms with E-state index >= 15 is 0 Å². The first-order valence-corrected chi connectivity index (χ1v) is 8.01. The Hall–Kier alpha value is -1.59. The maximum absolute atomic E-state index is 12.7. The molecule has 2 aliphatic rings. The first-order valence-electron chi connectivity index (χ1n) is 8.01. The highest BCUT2D eigenvalue weighted by molar-refractivity contribution is 5.89. The molecule has 0 radical (unpaired) electrons. The lowest BCUT2D eigenvalue weighted by Gasteiger charge is -2.29. The van der Waals surface area contributed by atoms with Crippen LogP contribution >= 0.6 is 0 Å². The van der Waals surface area contributed by atoms with Crippen molar-refractivity contribution < 1.29 is 9.53 Å². The summed E-state index contributed by atoms with van der Waals surface area (Å²) in [6.07, 6.45) is 5.58. The van der Waals surface area contributed by atoms with Crippen molar-refractivity contribution in [3.63, 3.8) is 0 Å². The maximum atomic E-state index is 12.7. The van der Waals surface area contributed by atoms with Crippen molar-refractivity contribution in [1.29, 1.82) is 0 Å². The molecular weight excluding hydrogens is 278 g/mol. The molecule has 1 saturated carbocycles. The van der Waals surface area contributed by atoms with Gasteiger partial charge in [-0.3, -0.25) is 4.79 Å². The molecule has 1 unspecified atom stereocenters. The number of nitrogens with two attached hydrogens (primary N) is 2. The molecule has 0 saturated heterocycles. The third kappa shape index (κ3) is 2.48. The minimum Gasteiger partial charge on any atom is -0.496 e. The molecule has 0 aromatic heterocycles. The van der Waals surface area contributed by atoms with Crippen molar-refractivity contribution in [2.45, 2.75) is 49.6 Å². The second-order valence-corrected chi connectivity index (χ2v) is 6.71. The first kappa shape index (κ1) is 15.3. The number of hydrogen-bond acceptors (Lipinski definition) is 4. The zero-order valence-corrected chi connectivity index (χ0v) is 13.2. The highest BCUT2D eigenvalue weighted by atomic mass is 16.5. The van der Waals surface area contributed by atoms with E-state index in [0.29, 0.717) is 13.0 Å². The fourth-order valence-corrected chi connectivity index (χ4v) is 3.80. The molecule has 5 N–H and O–H groups in total. The summed E-state index contributed by atoms with van der Waals surface area (Å²) in [5, 5.41) is 3.00. The summed E-state index contributed by atoms with van der Waals surface area (Å²) in [7, 11) is 1.64. The van der Waals surface area contributed by atoms with Gasteiger partial charge in [-0.05, 0) is 42.9 Å². The summed E-state index contributed by atoms with van der Waals surface area (Å²) < 4.78 is 5.38. The van der Waals surface area contributed by atoms with Crippen LogP contribution in [0.1, 0.15) is 43.2 Å². The van der Waals surface area contributed by atoms with Crippen LogP contribution in [0.15, 0.2) is 18.2 Å². The number of fused-ring (bicyclic) bond motifs is 1. The van der Waals surface area contributed by atoms with Gasteiger partial charge in [0.1, 0.15) is 11.3 Å². The minimum absolute atomic E-state index is 0.128. The standard InChI is InChI=1S/C17H25N3O2/c1-22-14-6-4-5-13-12(14)7-10-17(13,19)15(21)20-11-16(18)8-2-3-9-16/h4-6H,2-3,7-11,18-19H2,1H3,(H,20,21). The van der Waals surface area contributed by atoms with Crippen LogP contribution in [0.2, 0.25) is 0 Å². The molecule has 120 valence electrons. The smallest absolute Gasteiger partial charge is 0.244 e. The Balaban J connectivity index is 1.76. The van der Waals surface area contributed by atoms with Gasteiger partial charge < -0.3 is 21.5 Å². The molecule has 0 aliphatic heterocycles. The van der Waals surface area contributed by atoms with Crippen LogP contribution in [0.25, 0.3) is 0 Å². The maximum Gasteiger partial charge on any atom is 0.244 e. The summed E-state index contributed by atoms with van der Waals surface area (Å²) in [4.78, 5) is 12.7. The molecule has 22 heavy (non-hydrogen) atoms. The lowest BCUT2D eigenvalue weighted by Crippen LogP contribution is -2.55. The van der Waals surface area contributed by atoms with Gasteiger partial charge in [0, 0.05) is 12.1 Å². The predicted octanol–water partition coefficient (Wildman–Crippen LogP) is 1.18. The summed E-state index contributed by atoms with van der Waals surface area (Å²) in [6, 6.07) is 5.73. The molecule has 5 heteroatoms. The molecule has 2 aliphatic carbocycles. The summed E-state index contributed by atoms with van der Waals surface area (Å²) >= 11 is 0. The van der Waals surface area contributed by atoms with Crippen LogP contribution < -0.4 is 21.5 Å². The Kier molecular flexibility index (Phi) is 3.87. The van der Waals surface area contributed by atoms with E-state index in [1.54, 1.807) is 7.11 Å². The van der Waals surface area contributed by atoms with Crippen LogP contribution in [-0.2, 0) is 16.8 Å². The third-order valence-electron chi connectivity index (χ3n) is 5.21. The number of hydrogen-bond donors (Lipinski definition) is 3. The normalized spacial score (nSPS) is 25.8. The van der Waals surface area contributed by atoms with Gasteiger partial charge in [0.2, 0.25) is 5.91 Å². The van der Waals surface area contributed by atoms with Crippen molar-refractivity contribution in [2.75, 3.05) is 13.7 Å². The van der Waals surface area contributed by atoms with Crippen molar-refractivity contribution in [3.8, 4) is 5.75 Å². The molecule has 0 bridgehead atoms. The first-order chi connectivity index (χ1) is 10.5. The van der Waals surface area contributed by atoms with Gasteiger partial charge in [0.25, 0.3) is 0 Å². The van der Waals surface area contributed by atoms with E-state index in [1.807, 2.05) is 18.2 Å². The number of methoxy groups -OCH3 is 1. The van der Waals surface area contributed by atoms with Crippen molar-refractivity contribution in [3.05, 3.63) is 29.3 Å². The highest BCUT2D eigenvalue weighted by Gasteiger charge is 2.43. The molecule has 5 nitrogen and oxygen atoms in total. The van der Waals surface area contributed by atoms with Crippen LogP contribution in [0.3, 0.4) is 0 Å². The van der Waals surface area contributed by atoms with Gasteiger partial charge in [-0.2, -0.15) is 0 Å². The SMILES string of the molecule is COc1cccc2c1CCC2(N)C(=O)NCC1(N)CCCC1. The summed E-state index contributed by atoms with van der Waals surface area (Å²) in [5.74, 6) is 0.681. The quantitative estimate of drug-likeness (QED) is 0.779. The topological polar surface area (TPSA) is 90.4 Å². The van der Waals surface area contributed by atoms with Crippen LogP contribution in [-0.4, -0.2) is 25.1 Å². The monoisotopic (exact) mass is 303 g/mol. The minimum atomic E-state index is -0.973. The molecule has 1 fully saturated rings. The summed E-state index contributed by atoms with van der Waals surface area (Å²) in [5.41, 5.74) is 13.5. The number of rotatable bonds is 4. The van der Waals surface area contributed by atoms with E-state index in [2.05, 4.69) is 5.32 Å². The van der Waals surface area contributed by atoms with Crippen LogP contribution in [0.4, 0.5) is 0 Å². The zero-order chi connectivity index (χ0) is 15.8. The molecular formula is C17H25N3O2. The second kappa shape index (κ2) is 5.56. The molecule has 3 rings (SSSR count). The van der Waals surface area contributed by atoms with Crippen molar-refractivity contribution in [1.82, 2.24) is 5.32 Å². The average Bonchev–Trinajstić information content (AvgIpc) is 3.11. The summed E-state index contributed by atoms with van der Waals surface area (Å²) in [6.45, 7) is 0.504. The largest absolute Gasteiger partial charge is 0.496 e.